The van der Waals surface area contributed by atoms with Crippen molar-refractivity contribution in [3.8, 4) is 11.4 Å². The minimum Gasteiger partial charge on any atom is -0.460 e. The first-order valence-corrected chi connectivity index (χ1v) is 12.4. The Balaban J connectivity index is 1.98. The van der Waals surface area contributed by atoms with E-state index in [-0.39, 0.29) is 17.6 Å². The first kappa shape index (κ1) is 27.6. The molecular formula is C28H39N3O5. The molecule has 1 aromatic carbocycles. The van der Waals surface area contributed by atoms with Crippen LogP contribution in [0.15, 0.2) is 35.3 Å². The van der Waals surface area contributed by atoms with Gasteiger partial charge in [-0.2, -0.15) is 0 Å². The van der Waals surface area contributed by atoms with Crippen LogP contribution in [-0.2, 0) is 27.7 Å². The summed E-state index contributed by atoms with van der Waals surface area (Å²) in [5.41, 5.74) is 3.67. The number of imidazole rings is 1. The van der Waals surface area contributed by atoms with Gasteiger partial charge in [0, 0.05) is 31.5 Å². The molecule has 0 radical (unpaired) electrons. The zero-order chi connectivity index (χ0) is 26.8. The highest BCUT2D eigenvalue weighted by Gasteiger charge is 2.29. The van der Waals surface area contributed by atoms with Crippen LogP contribution in [0.5, 0.6) is 0 Å². The molecule has 0 aliphatic heterocycles. The van der Waals surface area contributed by atoms with Gasteiger partial charge in [-0.1, -0.05) is 6.07 Å². The number of pyridine rings is 1. The molecule has 0 aliphatic carbocycles. The van der Waals surface area contributed by atoms with E-state index in [9.17, 15) is 14.7 Å². The summed E-state index contributed by atoms with van der Waals surface area (Å²) in [5, 5.41) is 10.2. The molecule has 3 rings (SSSR count). The van der Waals surface area contributed by atoms with Gasteiger partial charge < -0.3 is 23.7 Å². The average molecular weight is 498 g/mol. The van der Waals surface area contributed by atoms with E-state index in [1.807, 2.05) is 51.2 Å². The largest absolute Gasteiger partial charge is 0.460 e. The van der Waals surface area contributed by atoms with E-state index in [0.717, 1.165) is 28.0 Å². The Morgan fingerprint density at radius 1 is 1.19 bits per heavy atom. The molecule has 0 bridgehead atoms. The summed E-state index contributed by atoms with van der Waals surface area (Å²) < 4.78 is 14.7. The third kappa shape index (κ3) is 6.23. The van der Waals surface area contributed by atoms with Gasteiger partial charge in [-0.05, 0) is 78.1 Å². The van der Waals surface area contributed by atoms with Crippen molar-refractivity contribution in [2.24, 2.45) is 13.0 Å². The number of hydrogen-bond acceptors (Lipinski definition) is 6. The quantitative estimate of drug-likeness (QED) is 0.446. The number of aromatic nitrogens is 3. The normalized spacial score (nSPS) is 14.6. The number of benzene rings is 1. The minimum atomic E-state index is -0.808. The third-order valence-electron chi connectivity index (χ3n) is 6.26. The molecule has 8 heteroatoms. The molecule has 3 aromatic rings. The molecule has 0 aliphatic rings. The molecule has 0 saturated carbocycles. The molecule has 196 valence electrons. The first-order valence-electron chi connectivity index (χ1n) is 12.4. The Bertz CT molecular complexity index is 1260. The number of methoxy groups -OCH3 is 1. The molecule has 1 N–H and O–H groups in total. The number of esters is 1. The number of ether oxygens (including phenoxy) is 2. The van der Waals surface area contributed by atoms with E-state index in [2.05, 4.69) is 11.5 Å². The fourth-order valence-electron chi connectivity index (χ4n) is 4.52. The van der Waals surface area contributed by atoms with Crippen molar-refractivity contribution in [3.63, 3.8) is 0 Å². The SMILES string of the molecule is COC[C@H](C)n1c(-c2cc(C)c(=O)n(C)c2)nc2cc(CC[C@H](C(=O)OC(C)(C)C)[C@@H](C)O)ccc21. The van der Waals surface area contributed by atoms with Crippen LogP contribution in [0.1, 0.15) is 58.2 Å². The molecular weight excluding hydrogens is 458 g/mol. The Morgan fingerprint density at radius 3 is 2.47 bits per heavy atom. The van der Waals surface area contributed by atoms with Crippen LogP contribution < -0.4 is 5.56 Å². The van der Waals surface area contributed by atoms with Crippen molar-refractivity contribution < 1.29 is 19.4 Å². The smallest absolute Gasteiger partial charge is 0.312 e. The number of aliphatic hydroxyl groups is 1. The van der Waals surface area contributed by atoms with E-state index >= 15 is 0 Å². The lowest BCUT2D eigenvalue weighted by Gasteiger charge is -2.25. The molecule has 0 spiro atoms. The number of aryl methyl sites for hydroxylation is 3. The Morgan fingerprint density at radius 2 is 1.89 bits per heavy atom. The first-order chi connectivity index (χ1) is 16.8. The van der Waals surface area contributed by atoms with Gasteiger partial charge in [0.1, 0.15) is 11.4 Å². The van der Waals surface area contributed by atoms with Crippen LogP contribution >= 0.6 is 0 Å². The van der Waals surface area contributed by atoms with Crippen LogP contribution in [0.25, 0.3) is 22.4 Å². The molecule has 2 aromatic heterocycles. The highest BCUT2D eigenvalue weighted by molar-refractivity contribution is 5.81. The zero-order valence-electron chi connectivity index (χ0n) is 22.7. The standard InChI is InChI=1S/C28H39N3O5/c1-17-13-21(15-30(7)26(17)33)25-29-23-14-20(10-12-24(23)31(25)18(2)16-35-8)9-11-22(19(3)32)27(34)36-28(4,5)6/h10,12-15,18-19,22,32H,9,11,16H2,1-8H3/t18-,19+,22-/m0/s1. The van der Waals surface area contributed by atoms with Crippen molar-refractivity contribution in [3.05, 3.63) is 51.9 Å². The van der Waals surface area contributed by atoms with E-state index in [1.54, 1.807) is 32.6 Å². The molecule has 0 unspecified atom stereocenters. The summed E-state index contributed by atoms with van der Waals surface area (Å²) in [5.74, 6) is -0.229. The fourth-order valence-corrected chi connectivity index (χ4v) is 4.52. The molecule has 8 nitrogen and oxygen atoms in total. The summed E-state index contributed by atoms with van der Waals surface area (Å²) in [7, 11) is 3.42. The van der Waals surface area contributed by atoms with Gasteiger partial charge in [0.2, 0.25) is 0 Å². The van der Waals surface area contributed by atoms with E-state index in [1.165, 1.54) is 0 Å². The summed E-state index contributed by atoms with van der Waals surface area (Å²) in [6, 6.07) is 7.98. The number of carbonyl (C=O) groups is 1. The van der Waals surface area contributed by atoms with Crippen molar-refractivity contribution in [1.82, 2.24) is 14.1 Å². The Hall–Kier alpha value is -2.97. The second-order valence-electron chi connectivity index (χ2n) is 10.7. The van der Waals surface area contributed by atoms with Gasteiger partial charge in [0.25, 0.3) is 5.56 Å². The van der Waals surface area contributed by atoms with E-state index in [0.29, 0.717) is 25.0 Å². The van der Waals surface area contributed by atoms with Gasteiger partial charge in [-0.25, -0.2) is 4.98 Å². The molecule has 0 fully saturated rings. The maximum absolute atomic E-state index is 12.6. The van der Waals surface area contributed by atoms with Crippen LogP contribution in [0.2, 0.25) is 0 Å². The second-order valence-corrected chi connectivity index (χ2v) is 10.7. The Kier molecular flexibility index (Phi) is 8.41. The van der Waals surface area contributed by atoms with Crippen LogP contribution in [0, 0.1) is 12.8 Å². The maximum atomic E-state index is 12.6. The van der Waals surface area contributed by atoms with Gasteiger partial charge in [-0.3, -0.25) is 9.59 Å². The van der Waals surface area contributed by atoms with Crippen LogP contribution in [0.4, 0.5) is 0 Å². The summed E-state index contributed by atoms with van der Waals surface area (Å²) >= 11 is 0. The van der Waals surface area contributed by atoms with E-state index < -0.39 is 17.6 Å². The van der Waals surface area contributed by atoms with Crippen molar-refractivity contribution in [1.29, 1.82) is 0 Å². The average Bonchev–Trinajstić information content (AvgIpc) is 3.15. The zero-order valence-corrected chi connectivity index (χ0v) is 22.7. The molecule has 2 heterocycles. The maximum Gasteiger partial charge on any atom is 0.312 e. The van der Waals surface area contributed by atoms with Crippen molar-refractivity contribution >= 4 is 17.0 Å². The molecule has 3 atom stereocenters. The minimum absolute atomic E-state index is 0.0187. The third-order valence-corrected chi connectivity index (χ3v) is 6.26. The topological polar surface area (TPSA) is 95.6 Å². The highest BCUT2D eigenvalue weighted by atomic mass is 16.6. The number of hydrogen-bond donors (Lipinski definition) is 1. The fraction of sp³-hybridized carbons (Fsp3) is 0.536. The molecule has 0 amide bonds. The van der Waals surface area contributed by atoms with Crippen molar-refractivity contribution in [2.75, 3.05) is 13.7 Å². The van der Waals surface area contributed by atoms with Crippen molar-refractivity contribution in [2.45, 2.75) is 72.1 Å². The van der Waals surface area contributed by atoms with Crippen LogP contribution in [0.3, 0.4) is 0 Å². The summed E-state index contributed by atoms with van der Waals surface area (Å²) in [6.45, 7) is 11.5. The number of nitrogens with zero attached hydrogens (tertiary/aromatic N) is 3. The highest BCUT2D eigenvalue weighted by Crippen LogP contribution is 2.30. The monoisotopic (exact) mass is 497 g/mol. The van der Waals surface area contributed by atoms with Gasteiger partial charge in [0.05, 0.1) is 35.7 Å². The summed E-state index contributed by atoms with van der Waals surface area (Å²) in [4.78, 5) is 29.8. The molecule has 36 heavy (non-hydrogen) atoms. The predicted molar refractivity (Wildman–Crippen MR) is 141 cm³/mol. The number of carbonyl (C=O) groups excluding carboxylic acids is 1. The van der Waals surface area contributed by atoms with E-state index in [4.69, 9.17) is 14.5 Å². The second kappa shape index (κ2) is 11.0. The lowest BCUT2D eigenvalue weighted by Crippen LogP contribution is -2.34. The Labute approximate surface area is 212 Å². The number of fused-ring (bicyclic) bond motifs is 1. The van der Waals surface area contributed by atoms with Gasteiger partial charge in [0.15, 0.2) is 0 Å². The van der Waals surface area contributed by atoms with Gasteiger partial charge >= 0.3 is 5.97 Å². The number of rotatable bonds is 9. The predicted octanol–water partition coefficient (Wildman–Crippen LogP) is 4.19. The molecule has 0 saturated heterocycles. The summed E-state index contributed by atoms with van der Waals surface area (Å²) in [6.07, 6.45) is 2.06. The van der Waals surface area contributed by atoms with Gasteiger partial charge in [-0.15, -0.1) is 0 Å². The lowest BCUT2D eigenvalue weighted by molar-refractivity contribution is -0.163. The lowest BCUT2D eigenvalue weighted by atomic mass is 9.94. The number of aliphatic hydroxyl groups excluding tert-OH is 1. The van der Waals surface area contributed by atoms with Crippen LogP contribution in [-0.4, -0.2) is 50.6 Å².